The Morgan fingerprint density at radius 3 is 2.24 bits per heavy atom. The lowest BCUT2D eigenvalue weighted by molar-refractivity contribution is 0.404. The summed E-state index contributed by atoms with van der Waals surface area (Å²) in [6.07, 6.45) is 1.76. The van der Waals surface area contributed by atoms with Crippen molar-refractivity contribution in [1.82, 2.24) is 14.8 Å². The molecule has 1 aromatic rings. The molecule has 0 aliphatic carbocycles. The molecule has 6 heteroatoms. The van der Waals surface area contributed by atoms with Gasteiger partial charge in [-0.1, -0.05) is 0 Å². The van der Waals surface area contributed by atoms with Crippen LogP contribution in [-0.4, -0.2) is 82.2 Å². The second kappa shape index (κ2) is 6.95. The first-order chi connectivity index (χ1) is 9.97. The lowest BCUT2D eigenvalue weighted by Gasteiger charge is -2.38. The number of pyridine rings is 1. The first-order valence-electron chi connectivity index (χ1n) is 7.52. The average Bonchev–Trinajstić information content (AvgIpc) is 2.42. The molecule has 0 saturated carbocycles. The van der Waals surface area contributed by atoms with Crippen LogP contribution in [0.25, 0.3) is 0 Å². The van der Waals surface area contributed by atoms with Gasteiger partial charge in [-0.25, -0.2) is 4.98 Å². The van der Waals surface area contributed by atoms with E-state index in [1.54, 1.807) is 6.20 Å². The Hall–Kier alpha value is -1.53. The van der Waals surface area contributed by atoms with Crippen LogP contribution in [-0.2, 0) is 0 Å². The number of likely N-dealkylation sites (N-methyl/N-ethyl adjacent to an activating group) is 2. The molecule has 2 rings (SSSR count). The molecule has 118 valence electrons. The fraction of sp³-hybridized carbons (Fsp3) is 0.667. The van der Waals surface area contributed by atoms with E-state index in [4.69, 9.17) is 5.73 Å². The van der Waals surface area contributed by atoms with E-state index in [9.17, 15) is 0 Å². The van der Waals surface area contributed by atoms with Gasteiger partial charge in [-0.2, -0.15) is 0 Å². The second-order valence-electron chi connectivity index (χ2n) is 6.19. The summed E-state index contributed by atoms with van der Waals surface area (Å²) < 4.78 is 0. The Kier molecular flexibility index (Phi) is 5.25. The molecule has 0 atom stereocenters. The molecule has 21 heavy (non-hydrogen) atoms. The van der Waals surface area contributed by atoms with Crippen LogP contribution in [0.1, 0.15) is 0 Å². The predicted molar refractivity (Wildman–Crippen MR) is 90.2 cm³/mol. The molecular weight excluding hydrogens is 264 g/mol. The average molecular weight is 292 g/mol. The van der Waals surface area contributed by atoms with Crippen molar-refractivity contribution in [3.05, 3.63) is 12.3 Å². The predicted octanol–water partition coefficient (Wildman–Crippen LogP) is 0.413. The van der Waals surface area contributed by atoms with Crippen molar-refractivity contribution in [3.63, 3.8) is 0 Å². The third-order valence-electron chi connectivity index (χ3n) is 3.78. The minimum atomic E-state index is 0.734. The van der Waals surface area contributed by atoms with Gasteiger partial charge in [0.05, 0.1) is 17.6 Å². The van der Waals surface area contributed by atoms with E-state index in [2.05, 4.69) is 58.8 Å². The zero-order valence-electron chi connectivity index (χ0n) is 13.7. The van der Waals surface area contributed by atoms with Crippen LogP contribution in [0.2, 0.25) is 0 Å². The SMILES string of the molecule is CN(C)CCN1CCN(CCN(C)C)c2ncc(N)cc21. The number of fused-ring (bicyclic) bond motifs is 1. The molecule has 0 saturated heterocycles. The highest BCUT2D eigenvalue weighted by atomic mass is 15.3. The van der Waals surface area contributed by atoms with Gasteiger partial charge in [-0.15, -0.1) is 0 Å². The van der Waals surface area contributed by atoms with E-state index in [0.717, 1.165) is 50.8 Å². The smallest absolute Gasteiger partial charge is 0.152 e. The standard InChI is InChI=1S/C15H28N6/c1-18(2)5-7-20-9-10-21(8-6-19(3)4)15-14(20)11-13(16)12-17-15/h11-12H,5-10,16H2,1-4H3. The largest absolute Gasteiger partial charge is 0.397 e. The van der Waals surface area contributed by atoms with Gasteiger partial charge < -0.3 is 25.3 Å². The molecule has 0 amide bonds. The number of nitrogens with two attached hydrogens (primary N) is 1. The first-order valence-corrected chi connectivity index (χ1v) is 7.52. The number of hydrogen-bond acceptors (Lipinski definition) is 6. The molecule has 2 N–H and O–H groups in total. The summed E-state index contributed by atoms with van der Waals surface area (Å²) in [6, 6.07) is 2.06. The summed E-state index contributed by atoms with van der Waals surface area (Å²) in [7, 11) is 8.41. The number of nitrogen functional groups attached to an aromatic ring is 1. The minimum absolute atomic E-state index is 0.734. The maximum absolute atomic E-state index is 5.94. The molecule has 0 fully saturated rings. The second-order valence-corrected chi connectivity index (χ2v) is 6.19. The number of anilines is 3. The highest BCUT2D eigenvalue weighted by molar-refractivity contribution is 5.72. The number of rotatable bonds is 6. The third-order valence-corrected chi connectivity index (χ3v) is 3.78. The van der Waals surface area contributed by atoms with Crippen molar-refractivity contribution in [2.24, 2.45) is 0 Å². The van der Waals surface area contributed by atoms with Gasteiger partial charge >= 0.3 is 0 Å². The van der Waals surface area contributed by atoms with E-state index < -0.39 is 0 Å². The number of hydrogen-bond donors (Lipinski definition) is 1. The first kappa shape index (κ1) is 15.9. The Morgan fingerprint density at radius 1 is 1.05 bits per heavy atom. The zero-order chi connectivity index (χ0) is 15.4. The summed E-state index contributed by atoms with van der Waals surface area (Å²) in [4.78, 5) is 13.7. The minimum Gasteiger partial charge on any atom is -0.397 e. The Balaban J connectivity index is 2.15. The molecule has 1 aromatic heterocycles. The number of aromatic nitrogens is 1. The van der Waals surface area contributed by atoms with Gasteiger partial charge in [0, 0.05) is 39.3 Å². The Bertz CT molecular complexity index is 459. The summed E-state index contributed by atoms with van der Waals surface area (Å²) in [6.45, 7) is 6.12. The van der Waals surface area contributed by atoms with Crippen LogP contribution in [0.15, 0.2) is 12.3 Å². The highest BCUT2D eigenvalue weighted by Crippen LogP contribution is 2.32. The van der Waals surface area contributed by atoms with Crippen LogP contribution in [0.3, 0.4) is 0 Å². The molecule has 0 aromatic carbocycles. The van der Waals surface area contributed by atoms with Gasteiger partial charge in [0.1, 0.15) is 0 Å². The molecule has 1 aliphatic rings. The van der Waals surface area contributed by atoms with Crippen LogP contribution >= 0.6 is 0 Å². The van der Waals surface area contributed by atoms with Crippen molar-refractivity contribution in [2.75, 3.05) is 83.0 Å². The fourth-order valence-electron chi connectivity index (χ4n) is 2.50. The van der Waals surface area contributed by atoms with E-state index in [0.29, 0.717) is 0 Å². The monoisotopic (exact) mass is 292 g/mol. The van der Waals surface area contributed by atoms with E-state index in [1.165, 1.54) is 5.69 Å². The topological polar surface area (TPSA) is 51.9 Å². The molecule has 0 unspecified atom stereocenters. The van der Waals surface area contributed by atoms with Crippen LogP contribution in [0.5, 0.6) is 0 Å². The normalized spacial score (nSPS) is 15.0. The lowest BCUT2D eigenvalue weighted by atomic mass is 10.2. The molecular formula is C15H28N6. The lowest BCUT2D eigenvalue weighted by Crippen LogP contribution is -2.45. The molecule has 2 heterocycles. The summed E-state index contributed by atoms with van der Waals surface area (Å²) >= 11 is 0. The van der Waals surface area contributed by atoms with Crippen LogP contribution in [0.4, 0.5) is 17.2 Å². The summed E-state index contributed by atoms with van der Waals surface area (Å²) in [5, 5.41) is 0. The molecule has 0 bridgehead atoms. The molecule has 1 aliphatic heterocycles. The summed E-state index contributed by atoms with van der Waals surface area (Å²) in [5.41, 5.74) is 7.84. The quantitative estimate of drug-likeness (QED) is 0.820. The Labute approximate surface area is 128 Å². The van der Waals surface area contributed by atoms with E-state index >= 15 is 0 Å². The Morgan fingerprint density at radius 2 is 1.62 bits per heavy atom. The van der Waals surface area contributed by atoms with Crippen molar-refractivity contribution >= 4 is 17.2 Å². The number of nitrogens with zero attached hydrogens (tertiary/aromatic N) is 5. The van der Waals surface area contributed by atoms with Gasteiger partial charge in [0.15, 0.2) is 5.82 Å². The maximum atomic E-state index is 5.94. The fourth-order valence-corrected chi connectivity index (χ4v) is 2.50. The van der Waals surface area contributed by atoms with E-state index in [1.807, 2.05) is 0 Å². The van der Waals surface area contributed by atoms with Crippen molar-refractivity contribution in [2.45, 2.75) is 0 Å². The van der Waals surface area contributed by atoms with Crippen molar-refractivity contribution in [3.8, 4) is 0 Å². The van der Waals surface area contributed by atoms with E-state index in [-0.39, 0.29) is 0 Å². The van der Waals surface area contributed by atoms with Gasteiger partial charge in [0.25, 0.3) is 0 Å². The van der Waals surface area contributed by atoms with Crippen molar-refractivity contribution in [1.29, 1.82) is 0 Å². The highest BCUT2D eigenvalue weighted by Gasteiger charge is 2.23. The van der Waals surface area contributed by atoms with Gasteiger partial charge in [-0.3, -0.25) is 0 Å². The van der Waals surface area contributed by atoms with Gasteiger partial charge in [0.2, 0.25) is 0 Å². The molecule has 6 nitrogen and oxygen atoms in total. The zero-order valence-corrected chi connectivity index (χ0v) is 13.7. The third kappa shape index (κ3) is 4.22. The van der Waals surface area contributed by atoms with Gasteiger partial charge in [-0.05, 0) is 34.3 Å². The van der Waals surface area contributed by atoms with Crippen LogP contribution < -0.4 is 15.5 Å². The molecule has 0 radical (unpaired) electrons. The molecule has 0 spiro atoms. The van der Waals surface area contributed by atoms with Crippen LogP contribution in [0, 0.1) is 0 Å². The summed E-state index contributed by atoms with van der Waals surface area (Å²) in [5.74, 6) is 1.07. The maximum Gasteiger partial charge on any atom is 0.152 e. The van der Waals surface area contributed by atoms with Crippen molar-refractivity contribution < 1.29 is 0 Å².